The molecular weight excluding hydrogens is 264 g/mol. The summed E-state index contributed by atoms with van der Waals surface area (Å²) in [5, 5.41) is 2.86. The Hall–Kier alpha value is -2.10. The van der Waals surface area contributed by atoms with Crippen LogP contribution in [0.4, 0.5) is 5.69 Å². The fourth-order valence-corrected chi connectivity index (χ4v) is 2.95. The van der Waals surface area contributed by atoms with Gasteiger partial charge in [0.25, 0.3) is 0 Å². The number of benzene rings is 1. The van der Waals surface area contributed by atoms with E-state index in [1.54, 1.807) is 4.90 Å². The van der Waals surface area contributed by atoms with Gasteiger partial charge in [0.1, 0.15) is 6.54 Å². The Morgan fingerprint density at radius 3 is 2.86 bits per heavy atom. The minimum absolute atomic E-state index is 0.0509. The largest absolute Gasteiger partial charge is 0.329 e. The Morgan fingerprint density at radius 1 is 1.19 bits per heavy atom. The number of nitrogens with one attached hydrogen (secondary N) is 1. The summed E-state index contributed by atoms with van der Waals surface area (Å²) < 4.78 is 0. The standard InChI is InChI=1S/C17H20N2O2/c20-16-12-19(11-14-8-4-5-9-15(14)18-16)17(21)10-13-6-2-1-3-7-13/h4-6,8-9H,1-3,7,10-12H2,(H,18,20). The highest BCUT2D eigenvalue weighted by Crippen LogP contribution is 2.24. The Labute approximate surface area is 124 Å². The van der Waals surface area contributed by atoms with Gasteiger partial charge >= 0.3 is 0 Å². The molecule has 1 aliphatic carbocycles. The van der Waals surface area contributed by atoms with Crippen molar-refractivity contribution in [2.45, 2.75) is 38.6 Å². The Morgan fingerprint density at radius 2 is 2.05 bits per heavy atom. The third-order valence-corrected chi connectivity index (χ3v) is 4.10. The highest BCUT2D eigenvalue weighted by atomic mass is 16.2. The van der Waals surface area contributed by atoms with Crippen molar-refractivity contribution in [1.82, 2.24) is 4.90 Å². The molecule has 0 fully saturated rings. The molecule has 0 spiro atoms. The second kappa shape index (κ2) is 6.12. The summed E-state index contributed by atoms with van der Waals surface area (Å²) in [5.74, 6) is -0.0686. The minimum atomic E-state index is -0.120. The zero-order valence-electron chi connectivity index (χ0n) is 12.1. The Balaban J connectivity index is 1.74. The van der Waals surface area contributed by atoms with E-state index in [2.05, 4.69) is 11.4 Å². The van der Waals surface area contributed by atoms with Crippen molar-refractivity contribution in [3.63, 3.8) is 0 Å². The first-order chi connectivity index (χ1) is 10.2. The van der Waals surface area contributed by atoms with Crippen LogP contribution in [0.3, 0.4) is 0 Å². The van der Waals surface area contributed by atoms with Crippen LogP contribution in [0.25, 0.3) is 0 Å². The van der Waals surface area contributed by atoms with E-state index in [4.69, 9.17) is 0 Å². The van der Waals surface area contributed by atoms with Crippen LogP contribution < -0.4 is 5.32 Å². The Kier molecular flexibility index (Phi) is 4.04. The molecule has 0 atom stereocenters. The van der Waals surface area contributed by atoms with E-state index >= 15 is 0 Å². The van der Waals surface area contributed by atoms with E-state index in [-0.39, 0.29) is 18.4 Å². The quantitative estimate of drug-likeness (QED) is 0.849. The number of amides is 2. The molecule has 3 rings (SSSR count). The molecule has 2 amide bonds. The maximum absolute atomic E-state index is 12.5. The Bertz CT molecular complexity index is 592. The van der Waals surface area contributed by atoms with Crippen molar-refractivity contribution >= 4 is 17.5 Å². The van der Waals surface area contributed by atoms with Crippen LogP contribution in [0.2, 0.25) is 0 Å². The number of para-hydroxylation sites is 1. The molecule has 1 aromatic carbocycles. The van der Waals surface area contributed by atoms with Gasteiger partial charge in [-0.2, -0.15) is 0 Å². The first-order valence-electron chi connectivity index (χ1n) is 7.56. The zero-order valence-corrected chi connectivity index (χ0v) is 12.1. The monoisotopic (exact) mass is 284 g/mol. The number of carbonyl (C=O) groups is 2. The number of hydrogen-bond acceptors (Lipinski definition) is 2. The molecule has 0 radical (unpaired) electrons. The third kappa shape index (κ3) is 3.32. The van der Waals surface area contributed by atoms with Crippen LogP contribution in [0.5, 0.6) is 0 Å². The third-order valence-electron chi connectivity index (χ3n) is 4.10. The van der Waals surface area contributed by atoms with Crippen LogP contribution in [-0.4, -0.2) is 23.3 Å². The van der Waals surface area contributed by atoms with Crippen LogP contribution in [0.15, 0.2) is 35.9 Å². The lowest BCUT2D eigenvalue weighted by atomic mass is 9.97. The van der Waals surface area contributed by atoms with Crippen molar-refractivity contribution in [1.29, 1.82) is 0 Å². The first-order valence-corrected chi connectivity index (χ1v) is 7.56. The smallest absolute Gasteiger partial charge is 0.244 e. The van der Waals surface area contributed by atoms with Gasteiger partial charge in [-0.1, -0.05) is 29.8 Å². The summed E-state index contributed by atoms with van der Waals surface area (Å²) in [6.07, 6.45) is 7.12. The van der Waals surface area contributed by atoms with Gasteiger partial charge in [-0.15, -0.1) is 0 Å². The zero-order chi connectivity index (χ0) is 14.7. The van der Waals surface area contributed by atoms with Gasteiger partial charge in [0.2, 0.25) is 11.8 Å². The molecule has 0 aromatic heterocycles. The maximum Gasteiger partial charge on any atom is 0.244 e. The number of hydrogen-bond donors (Lipinski definition) is 1. The molecule has 1 N–H and O–H groups in total. The fraction of sp³-hybridized carbons (Fsp3) is 0.412. The van der Waals surface area contributed by atoms with Gasteiger partial charge in [-0.05, 0) is 37.3 Å². The van der Waals surface area contributed by atoms with E-state index in [9.17, 15) is 9.59 Å². The molecule has 2 aliphatic rings. The number of nitrogens with zero attached hydrogens (tertiary/aromatic N) is 1. The highest BCUT2D eigenvalue weighted by molar-refractivity contribution is 5.96. The molecule has 4 heteroatoms. The fourth-order valence-electron chi connectivity index (χ4n) is 2.95. The molecule has 1 heterocycles. The van der Waals surface area contributed by atoms with Crippen LogP contribution in [-0.2, 0) is 16.1 Å². The van der Waals surface area contributed by atoms with E-state index in [0.717, 1.165) is 24.1 Å². The van der Waals surface area contributed by atoms with Crippen molar-refractivity contribution in [2.24, 2.45) is 0 Å². The summed E-state index contributed by atoms with van der Waals surface area (Å²) in [4.78, 5) is 26.1. The average Bonchev–Trinajstić information content (AvgIpc) is 2.66. The van der Waals surface area contributed by atoms with Gasteiger partial charge < -0.3 is 10.2 Å². The van der Waals surface area contributed by atoms with Crippen molar-refractivity contribution < 1.29 is 9.59 Å². The van der Waals surface area contributed by atoms with E-state index in [1.165, 1.54) is 18.4 Å². The molecule has 21 heavy (non-hydrogen) atoms. The summed E-state index contributed by atoms with van der Waals surface area (Å²) in [6.45, 7) is 0.641. The number of allylic oxidation sites excluding steroid dienone is 1. The topological polar surface area (TPSA) is 49.4 Å². The molecule has 0 unspecified atom stereocenters. The molecule has 0 bridgehead atoms. The van der Waals surface area contributed by atoms with Crippen LogP contribution in [0, 0.1) is 0 Å². The lowest BCUT2D eigenvalue weighted by Crippen LogP contribution is -2.35. The number of rotatable bonds is 2. The van der Waals surface area contributed by atoms with Crippen LogP contribution in [0.1, 0.15) is 37.7 Å². The van der Waals surface area contributed by atoms with Crippen molar-refractivity contribution in [3.8, 4) is 0 Å². The summed E-state index contributed by atoms with van der Waals surface area (Å²) in [5.41, 5.74) is 3.04. The highest BCUT2D eigenvalue weighted by Gasteiger charge is 2.23. The molecule has 1 aliphatic heterocycles. The first kappa shape index (κ1) is 13.9. The minimum Gasteiger partial charge on any atom is -0.329 e. The van der Waals surface area contributed by atoms with E-state index in [0.29, 0.717) is 13.0 Å². The predicted molar refractivity (Wildman–Crippen MR) is 81.7 cm³/mol. The normalized spacial score (nSPS) is 18.4. The van der Waals surface area contributed by atoms with Gasteiger partial charge in [0.15, 0.2) is 0 Å². The molecule has 110 valence electrons. The van der Waals surface area contributed by atoms with Gasteiger partial charge in [0.05, 0.1) is 0 Å². The second-order valence-corrected chi connectivity index (χ2v) is 5.74. The maximum atomic E-state index is 12.5. The van der Waals surface area contributed by atoms with Crippen molar-refractivity contribution in [2.75, 3.05) is 11.9 Å². The molecular formula is C17H20N2O2. The number of anilines is 1. The van der Waals surface area contributed by atoms with Gasteiger partial charge in [0, 0.05) is 18.7 Å². The predicted octanol–water partition coefficient (Wildman–Crippen LogP) is 2.86. The van der Waals surface area contributed by atoms with E-state index in [1.807, 2.05) is 24.3 Å². The van der Waals surface area contributed by atoms with Crippen LogP contribution >= 0.6 is 0 Å². The lowest BCUT2D eigenvalue weighted by molar-refractivity contribution is -0.134. The molecule has 0 saturated carbocycles. The summed E-state index contributed by atoms with van der Waals surface area (Å²) in [6, 6.07) is 7.66. The number of carbonyl (C=O) groups excluding carboxylic acids is 2. The number of fused-ring (bicyclic) bond motifs is 1. The molecule has 4 nitrogen and oxygen atoms in total. The summed E-state index contributed by atoms with van der Waals surface area (Å²) in [7, 11) is 0. The van der Waals surface area contributed by atoms with E-state index < -0.39 is 0 Å². The second-order valence-electron chi connectivity index (χ2n) is 5.74. The molecule has 0 saturated heterocycles. The summed E-state index contributed by atoms with van der Waals surface area (Å²) >= 11 is 0. The van der Waals surface area contributed by atoms with Crippen molar-refractivity contribution in [3.05, 3.63) is 41.5 Å². The lowest BCUT2D eigenvalue weighted by Gasteiger charge is -2.21. The van der Waals surface area contributed by atoms with Gasteiger partial charge in [-0.3, -0.25) is 9.59 Å². The molecule has 1 aromatic rings. The average molecular weight is 284 g/mol. The van der Waals surface area contributed by atoms with Gasteiger partial charge in [-0.25, -0.2) is 0 Å². The SMILES string of the molecule is O=C1CN(C(=O)CC2=CCCCC2)Cc2ccccc2N1.